The molecule has 1 aliphatic carbocycles. The lowest BCUT2D eigenvalue weighted by atomic mass is 9.74. The molecule has 2 aliphatic rings. The molecule has 4 heteroatoms. The number of hydrogen-bond acceptors (Lipinski definition) is 3. The van der Waals surface area contributed by atoms with Crippen LogP contribution >= 0.6 is 0 Å². The van der Waals surface area contributed by atoms with Gasteiger partial charge in [0.15, 0.2) is 0 Å². The van der Waals surface area contributed by atoms with E-state index in [4.69, 9.17) is 10.1 Å². The van der Waals surface area contributed by atoms with Gasteiger partial charge in [-0.25, -0.2) is 0 Å². The molecule has 0 fully saturated rings. The van der Waals surface area contributed by atoms with Crippen molar-refractivity contribution in [2.75, 3.05) is 0 Å². The van der Waals surface area contributed by atoms with Gasteiger partial charge >= 0.3 is 5.97 Å². The Kier molecular flexibility index (Phi) is 4.73. The Morgan fingerprint density at radius 3 is 2.61 bits per heavy atom. The van der Waals surface area contributed by atoms with Gasteiger partial charge in [0.1, 0.15) is 5.78 Å². The minimum atomic E-state index is -0.788. The number of carbonyl (C=O) groups is 2. The average molecular weight is 315 g/mol. The zero-order valence-corrected chi connectivity index (χ0v) is 14.6. The van der Waals surface area contributed by atoms with Crippen LogP contribution in [0.1, 0.15) is 53.9 Å². The van der Waals surface area contributed by atoms with Crippen molar-refractivity contribution < 1.29 is 14.7 Å². The van der Waals surface area contributed by atoms with Crippen LogP contribution in [0.3, 0.4) is 0 Å². The first-order chi connectivity index (χ1) is 10.7. The van der Waals surface area contributed by atoms with Crippen LogP contribution in [0, 0.1) is 11.3 Å². The van der Waals surface area contributed by atoms with Crippen LogP contribution in [0.25, 0.3) is 0 Å². The van der Waals surface area contributed by atoms with E-state index in [9.17, 15) is 9.59 Å². The van der Waals surface area contributed by atoms with Crippen molar-refractivity contribution in [3.05, 3.63) is 34.6 Å². The number of carboxylic acid groups (broad SMARTS) is 1. The molecule has 0 bridgehead atoms. The third kappa shape index (κ3) is 3.21. The summed E-state index contributed by atoms with van der Waals surface area (Å²) in [5.74, 6) is -0.757. The highest BCUT2D eigenvalue weighted by Gasteiger charge is 2.39. The molecule has 1 aliphatic heterocycles. The second kappa shape index (κ2) is 6.26. The molecule has 0 spiro atoms. The van der Waals surface area contributed by atoms with Crippen LogP contribution in [0.15, 0.2) is 39.6 Å². The molecule has 0 saturated carbocycles. The number of ketones is 1. The number of fused-ring (bicyclic) bond motifs is 1. The molecule has 0 saturated heterocycles. The van der Waals surface area contributed by atoms with Crippen molar-refractivity contribution in [2.45, 2.75) is 53.9 Å². The Morgan fingerprint density at radius 1 is 1.39 bits per heavy atom. The van der Waals surface area contributed by atoms with Gasteiger partial charge in [0.2, 0.25) is 0 Å². The SMILES string of the molecule is CC(=O)C(C)C1=CCC2(C)C(=NC(C)=C2CCC(=O)O)C=C1C. The lowest BCUT2D eigenvalue weighted by Gasteiger charge is -2.27. The van der Waals surface area contributed by atoms with Gasteiger partial charge < -0.3 is 5.11 Å². The van der Waals surface area contributed by atoms with Crippen LogP contribution < -0.4 is 0 Å². The van der Waals surface area contributed by atoms with Gasteiger partial charge in [0.25, 0.3) is 0 Å². The summed E-state index contributed by atoms with van der Waals surface area (Å²) in [6.07, 6.45) is 5.59. The Bertz CT molecular complexity index is 679. The van der Waals surface area contributed by atoms with Gasteiger partial charge in [-0.3, -0.25) is 14.6 Å². The largest absolute Gasteiger partial charge is 0.481 e. The maximum atomic E-state index is 11.7. The zero-order valence-electron chi connectivity index (χ0n) is 14.6. The number of carbonyl (C=O) groups excluding carboxylic acids is 1. The molecule has 0 amide bonds. The third-order valence-corrected chi connectivity index (χ3v) is 5.16. The molecule has 0 aromatic carbocycles. The smallest absolute Gasteiger partial charge is 0.303 e. The summed E-state index contributed by atoms with van der Waals surface area (Å²) in [4.78, 5) is 27.4. The molecule has 0 radical (unpaired) electrons. The molecule has 0 aromatic rings. The molecule has 1 heterocycles. The Labute approximate surface area is 137 Å². The molecule has 0 aromatic heterocycles. The van der Waals surface area contributed by atoms with Crippen molar-refractivity contribution in [3.8, 4) is 0 Å². The van der Waals surface area contributed by atoms with Gasteiger partial charge in [0.05, 0.1) is 5.71 Å². The average Bonchev–Trinajstić information content (AvgIpc) is 2.59. The highest BCUT2D eigenvalue weighted by atomic mass is 16.4. The fraction of sp³-hybridized carbons (Fsp3) is 0.526. The second-order valence-electron chi connectivity index (χ2n) is 6.81. The molecular formula is C19H25NO3. The number of nitrogens with zero attached hydrogens (tertiary/aromatic N) is 1. The highest BCUT2D eigenvalue weighted by Crippen LogP contribution is 2.46. The summed E-state index contributed by atoms with van der Waals surface area (Å²) in [6, 6.07) is 0. The fourth-order valence-electron chi connectivity index (χ4n) is 3.53. The number of allylic oxidation sites excluding steroid dienone is 6. The van der Waals surface area contributed by atoms with Crippen LogP contribution in [-0.4, -0.2) is 22.6 Å². The Hall–Kier alpha value is -1.97. The maximum absolute atomic E-state index is 11.7. The molecule has 124 valence electrons. The molecule has 4 nitrogen and oxygen atoms in total. The molecule has 2 atom stereocenters. The zero-order chi connectivity index (χ0) is 17.4. The number of hydrogen-bond donors (Lipinski definition) is 1. The van der Waals surface area contributed by atoms with Crippen molar-refractivity contribution in [1.82, 2.24) is 0 Å². The van der Waals surface area contributed by atoms with E-state index in [1.165, 1.54) is 0 Å². The summed E-state index contributed by atoms with van der Waals surface area (Å²) in [7, 11) is 0. The van der Waals surface area contributed by atoms with Gasteiger partial charge in [-0.2, -0.15) is 0 Å². The van der Waals surface area contributed by atoms with Gasteiger partial charge in [-0.05, 0) is 63.3 Å². The second-order valence-corrected chi connectivity index (χ2v) is 6.81. The van der Waals surface area contributed by atoms with E-state index in [2.05, 4.69) is 19.1 Å². The van der Waals surface area contributed by atoms with Gasteiger partial charge in [-0.15, -0.1) is 0 Å². The maximum Gasteiger partial charge on any atom is 0.303 e. The number of carboxylic acids is 1. The normalized spacial score (nSPS) is 25.2. The predicted molar refractivity (Wildman–Crippen MR) is 91.4 cm³/mol. The topological polar surface area (TPSA) is 66.7 Å². The van der Waals surface area contributed by atoms with Gasteiger partial charge in [0, 0.05) is 23.5 Å². The Balaban J connectivity index is 2.38. The number of Topliss-reactive ketones (excluding diaryl/α,β-unsaturated/α-hetero) is 1. The van der Waals surface area contributed by atoms with Crippen molar-refractivity contribution in [2.24, 2.45) is 16.3 Å². The molecule has 1 N–H and O–H groups in total. The third-order valence-electron chi connectivity index (χ3n) is 5.16. The van der Waals surface area contributed by atoms with E-state index in [0.717, 1.165) is 34.5 Å². The van der Waals surface area contributed by atoms with E-state index in [1.54, 1.807) is 6.92 Å². The summed E-state index contributed by atoms with van der Waals surface area (Å²) in [5.41, 5.74) is 4.89. The van der Waals surface area contributed by atoms with Gasteiger partial charge in [-0.1, -0.05) is 13.0 Å². The number of rotatable bonds is 5. The van der Waals surface area contributed by atoms with Crippen molar-refractivity contribution in [1.29, 1.82) is 0 Å². The van der Waals surface area contributed by atoms with Crippen LogP contribution in [0.4, 0.5) is 0 Å². The number of aliphatic imine (C=N–C) groups is 1. The van der Waals surface area contributed by atoms with Crippen molar-refractivity contribution >= 4 is 17.5 Å². The van der Waals surface area contributed by atoms with E-state index < -0.39 is 5.97 Å². The first-order valence-electron chi connectivity index (χ1n) is 8.07. The van der Waals surface area contributed by atoms with E-state index in [-0.39, 0.29) is 23.5 Å². The van der Waals surface area contributed by atoms with E-state index in [1.807, 2.05) is 20.8 Å². The monoisotopic (exact) mass is 315 g/mol. The summed E-state index contributed by atoms with van der Waals surface area (Å²) >= 11 is 0. The first-order valence-corrected chi connectivity index (χ1v) is 8.07. The molecule has 23 heavy (non-hydrogen) atoms. The van der Waals surface area contributed by atoms with Crippen LogP contribution in [0.5, 0.6) is 0 Å². The molecule has 2 unspecified atom stereocenters. The summed E-state index contributed by atoms with van der Waals surface area (Å²) in [5, 5.41) is 8.99. The minimum Gasteiger partial charge on any atom is -0.481 e. The lowest BCUT2D eigenvalue weighted by Crippen LogP contribution is -2.25. The van der Waals surface area contributed by atoms with Crippen LogP contribution in [-0.2, 0) is 9.59 Å². The summed E-state index contributed by atoms with van der Waals surface area (Å²) in [6.45, 7) is 9.65. The number of aliphatic carboxylic acids is 1. The van der Waals surface area contributed by atoms with Crippen molar-refractivity contribution in [3.63, 3.8) is 0 Å². The lowest BCUT2D eigenvalue weighted by molar-refractivity contribution is -0.137. The Morgan fingerprint density at radius 2 is 2.04 bits per heavy atom. The van der Waals surface area contributed by atoms with E-state index in [0.29, 0.717) is 6.42 Å². The van der Waals surface area contributed by atoms with Crippen LogP contribution in [0.2, 0.25) is 0 Å². The van der Waals surface area contributed by atoms with E-state index >= 15 is 0 Å². The first kappa shape index (κ1) is 17.4. The highest BCUT2D eigenvalue weighted by molar-refractivity contribution is 6.06. The fourth-order valence-corrected chi connectivity index (χ4v) is 3.53. The predicted octanol–water partition coefficient (Wildman–Crippen LogP) is 4.09. The molecular weight excluding hydrogens is 290 g/mol. The quantitative estimate of drug-likeness (QED) is 0.831. The molecule has 2 rings (SSSR count). The summed E-state index contributed by atoms with van der Waals surface area (Å²) < 4.78 is 0. The standard InChI is InChI=1S/C19H25NO3/c1-11-10-17-19(5,9-8-15(11)12(2)14(4)21)16(13(3)20-17)6-7-18(22)23/h8,10,12H,6-7,9H2,1-5H3,(H,22,23). The minimum absolute atomic E-state index is 0.119.